The molecule has 2 N–H and O–H groups in total. The summed E-state index contributed by atoms with van der Waals surface area (Å²) in [5.74, 6) is 0. The van der Waals surface area contributed by atoms with Gasteiger partial charge in [0.25, 0.3) is 0 Å². The van der Waals surface area contributed by atoms with Gasteiger partial charge < -0.3 is 5.43 Å². The van der Waals surface area contributed by atoms with Crippen LogP contribution in [0.3, 0.4) is 0 Å². The largest absolute Gasteiger partial charge is 0.300 e. The van der Waals surface area contributed by atoms with Gasteiger partial charge in [-0.05, 0) is 28.1 Å². The second-order valence-electron chi connectivity index (χ2n) is 2.55. The van der Waals surface area contributed by atoms with Gasteiger partial charge in [0, 0.05) is 11.5 Å². The van der Waals surface area contributed by atoms with E-state index < -0.39 is 0 Å². The number of fused-ring (bicyclic) bond motifs is 1. The Morgan fingerprint density at radius 2 is 2.25 bits per heavy atom. The predicted octanol–water partition coefficient (Wildman–Crippen LogP) is 2.38. The molecule has 0 radical (unpaired) electrons. The first-order chi connectivity index (χ1) is 5.70. The highest BCUT2D eigenvalue weighted by atomic mass is 79.9. The smallest absolute Gasteiger partial charge is 0.0951 e. The van der Waals surface area contributed by atoms with Crippen molar-refractivity contribution in [1.82, 2.24) is 5.53 Å². The number of rotatable bonds is 0. The van der Waals surface area contributed by atoms with Gasteiger partial charge in [-0.1, -0.05) is 11.6 Å². The molecular weight excluding hydrogens is 241 g/mol. The van der Waals surface area contributed by atoms with Crippen molar-refractivity contribution in [2.75, 3.05) is 17.5 Å². The molecule has 1 aliphatic rings. The topological polar surface area (TPSA) is 27.3 Å². The van der Waals surface area contributed by atoms with Crippen molar-refractivity contribution in [3.05, 3.63) is 21.6 Å². The highest BCUT2D eigenvalue weighted by molar-refractivity contribution is 9.10. The fraction of sp³-hybridized carbons (Fsp3) is 0.143. The summed E-state index contributed by atoms with van der Waals surface area (Å²) in [6.45, 7) is 0. The molecule has 1 aromatic rings. The van der Waals surface area contributed by atoms with Crippen molar-refractivity contribution in [1.29, 1.82) is 0 Å². The number of hydrogen-bond donors (Lipinski definition) is 2. The highest BCUT2D eigenvalue weighted by Crippen LogP contribution is 2.39. The van der Waals surface area contributed by atoms with Gasteiger partial charge in [-0.15, -0.1) is 5.53 Å². The monoisotopic (exact) mass is 247 g/mol. The summed E-state index contributed by atoms with van der Waals surface area (Å²) in [4.78, 5) is 0. The minimum absolute atomic E-state index is 0.698. The molecule has 1 heterocycles. The normalized spacial score (nSPS) is 14.4. The van der Waals surface area contributed by atoms with Crippen LogP contribution in [0.15, 0.2) is 16.6 Å². The Labute approximate surface area is 83.8 Å². The first kappa shape index (κ1) is 8.16. The van der Waals surface area contributed by atoms with Gasteiger partial charge in [0.15, 0.2) is 0 Å². The van der Waals surface area contributed by atoms with Crippen molar-refractivity contribution >= 4 is 38.9 Å². The van der Waals surface area contributed by atoms with Gasteiger partial charge in [-0.3, -0.25) is 5.01 Å². The molecule has 12 heavy (non-hydrogen) atoms. The van der Waals surface area contributed by atoms with Crippen molar-refractivity contribution in [2.24, 2.45) is 0 Å². The molecule has 1 aromatic carbocycles. The summed E-state index contributed by atoms with van der Waals surface area (Å²) in [5, 5.41) is 2.57. The Hall–Kier alpha value is -0.450. The Kier molecular flexibility index (Phi) is 1.90. The molecule has 0 spiro atoms. The number of nitrogens with zero attached hydrogens (tertiary/aromatic N) is 1. The van der Waals surface area contributed by atoms with Crippen LogP contribution in [0.25, 0.3) is 0 Å². The fourth-order valence-electron chi connectivity index (χ4n) is 1.14. The number of hydrazine groups is 2. The molecule has 0 bridgehead atoms. The van der Waals surface area contributed by atoms with Gasteiger partial charge in [0.2, 0.25) is 0 Å². The summed E-state index contributed by atoms with van der Waals surface area (Å²) in [6.07, 6.45) is 0. The zero-order valence-electron chi connectivity index (χ0n) is 6.36. The molecule has 3 nitrogen and oxygen atoms in total. The Balaban J connectivity index is 2.60. The number of hydrogen-bond acceptors (Lipinski definition) is 3. The Bertz CT molecular complexity index is 329. The number of benzene rings is 1. The molecule has 0 saturated carbocycles. The maximum atomic E-state index is 6.03. The van der Waals surface area contributed by atoms with E-state index in [0.29, 0.717) is 5.02 Å². The van der Waals surface area contributed by atoms with Gasteiger partial charge in [-0.2, -0.15) is 0 Å². The molecule has 0 amide bonds. The van der Waals surface area contributed by atoms with Crippen LogP contribution in [0.4, 0.5) is 11.4 Å². The van der Waals surface area contributed by atoms with E-state index in [-0.39, 0.29) is 0 Å². The Morgan fingerprint density at radius 1 is 1.50 bits per heavy atom. The molecule has 2 rings (SSSR count). The van der Waals surface area contributed by atoms with Crippen molar-refractivity contribution in [3.8, 4) is 0 Å². The molecule has 1 aliphatic heterocycles. The van der Waals surface area contributed by atoms with E-state index in [1.165, 1.54) is 0 Å². The third-order valence-electron chi connectivity index (χ3n) is 1.78. The molecule has 64 valence electrons. The summed E-state index contributed by atoms with van der Waals surface area (Å²) in [5.41, 5.74) is 7.86. The minimum atomic E-state index is 0.698. The maximum Gasteiger partial charge on any atom is 0.0951 e. The van der Waals surface area contributed by atoms with E-state index in [0.717, 1.165) is 15.8 Å². The van der Waals surface area contributed by atoms with Crippen LogP contribution in [-0.2, 0) is 0 Å². The van der Waals surface area contributed by atoms with Crippen LogP contribution in [0, 0.1) is 0 Å². The van der Waals surface area contributed by atoms with Crippen molar-refractivity contribution < 1.29 is 0 Å². The fourth-order valence-corrected chi connectivity index (χ4v) is 1.68. The number of nitrogens with one attached hydrogen (secondary N) is 2. The molecular formula is C7H7BrClN3. The molecule has 0 aromatic heterocycles. The van der Waals surface area contributed by atoms with E-state index in [9.17, 15) is 0 Å². The summed E-state index contributed by atoms with van der Waals surface area (Å²) in [7, 11) is 1.92. The van der Waals surface area contributed by atoms with Crippen LogP contribution in [-0.4, -0.2) is 7.05 Å². The predicted molar refractivity (Wildman–Crippen MR) is 54.3 cm³/mol. The zero-order chi connectivity index (χ0) is 8.72. The SMILES string of the molecule is CN1NNc2c1ccc(Br)c2Cl. The lowest BCUT2D eigenvalue weighted by molar-refractivity contribution is 0.820. The highest BCUT2D eigenvalue weighted by Gasteiger charge is 2.18. The van der Waals surface area contributed by atoms with Crippen LogP contribution >= 0.6 is 27.5 Å². The Morgan fingerprint density at radius 3 is 3.00 bits per heavy atom. The van der Waals surface area contributed by atoms with Gasteiger partial charge in [0.05, 0.1) is 16.4 Å². The lowest BCUT2D eigenvalue weighted by Gasteiger charge is -2.09. The molecule has 5 heteroatoms. The summed E-state index contributed by atoms with van der Waals surface area (Å²) in [6, 6.07) is 3.91. The van der Waals surface area contributed by atoms with Crippen LogP contribution in [0.5, 0.6) is 0 Å². The molecule has 0 atom stereocenters. The van der Waals surface area contributed by atoms with E-state index in [4.69, 9.17) is 11.6 Å². The molecule has 0 fully saturated rings. The first-order valence-corrected chi connectivity index (χ1v) is 4.60. The van der Waals surface area contributed by atoms with E-state index in [1.807, 2.05) is 24.2 Å². The van der Waals surface area contributed by atoms with Crippen LogP contribution in [0.2, 0.25) is 5.02 Å². The van der Waals surface area contributed by atoms with E-state index >= 15 is 0 Å². The molecule has 0 saturated heterocycles. The number of anilines is 2. The lowest BCUT2D eigenvalue weighted by atomic mass is 10.3. The third-order valence-corrected chi connectivity index (χ3v) is 3.06. The third kappa shape index (κ3) is 1.07. The average Bonchev–Trinajstić information content (AvgIpc) is 2.41. The maximum absolute atomic E-state index is 6.03. The standard InChI is InChI=1S/C7H7BrClN3/c1-12-5-3-2-4(8)6(9)7(5)10-11-12/h2-3,10-11H,1H3. The van der Waals surface area contributed by atoms with Crippen molar-refractivity contribution in [2.45, 2.75) is 0 Å². The minimum Gasteiger partial charge on any atom is -0.300 e. The molecule has 0 aliphatic carbocycles. The zero-order valence-corrected chi connectivity index (χ0v) is 8.70. The van der Waals surface area contributed by atoms with E-state index in [2.05, 4.69) is 26.9 Å². The van der Waals surface area contributed by atoms with Crippen molar-refractivity contribution in [3.63, 3.8) is 0 Å². The lowest BCUT2D eigenvalue weighted by Crippen LogP contribution is -2.31. The number of halogens is 2. The summed E-state index contributed by atoms with van der Waals surface area (Å²) >= 11 is 9.38. The molecule has 0 unspecified atom stereocenters. The summed E-state index contributed by atoms with van der Waals surface area (Å²) < 4.78 is 0.896. The quantitative estimate of drug-likeness (QED) is 0.738. The van der Waals surface area contributed by atoms with Gasteiger partial charge in [0.1, 0.15) is 0 Å². The van der Waals surface area contributed by atoms with E-state index in [1.54, 1.807) is 0 Å². The van der Waals surface area contributed by atoms with Crippen LogP contribution < -0.4 is 16.0 Å². The van der Waals surface area contributed by atoms with Gasteiger partial charge in [-0.25, -0.2) is 0 Å². The van der Waals surface area contributed by atoms with Gasteiger partial charge >= 0.3 is 0 Å². The average molecular weight is 249 g/mol. The first-order valence-electron chi connectivity index (χ1n) is 3.43. The second-order valence-corrected chi connectivity index (χ2v) is 3.78. The van der Waals surface area contributed by atoms with Crippen LogP contribution in [0.1, 0.15) is 0 Å². The second kappa shape index (κ2) is 2.80.